The molecule has 1 rings (SSSR count). The Bertz CT molecular complexity index is 317. The van der Waals surface area contributed by atoms with Gasteiger partial charge in [-0.1, -0.05) is 27.7 Å². The van der Waals surface area contributed by atoms with Crippen molar-refractivity contribution in [3.8, 4) is 0 Å². The molecule has 17 heavy (non-hydrogen) atoms. The molecule has 3 nitrogen and oxygen atoms in total. The molecule has 0 spiro atoms. The van der Waals surface area contributed by atoms with Crippen molar-refractivity contribution in [1.29, 1.82) is 0 Å². The molecule has 0 fully saturated rings. The summed E-state index contributed by atoms with van der Waals surface area (Å²) in [5, 5.41) is 8.14. The molecule has 1 N–H and O–H groups in total. The van der Waals surface area contributed by atoms with Gasteiger partial charge in [-0.2, -0.15) is 5.10 Å². The molecule has 0 aliphatic heterocycles. The monoisotopic (exact) mass is 237 g/mol. The lowest BCUT2D eigenvalue weighted by Crippen LogP contribution is -2.39. The van der Waals surface area contributed by atoms with Crippen molar-refractivity contribution in [1.82, 2.24) is 15.1 Å². The standard InChI is InChI=1S/C14H27N3/c1-6-8-15-14(12(4)11(2)3)10-13-7-9-17(5)16-13/h7,9,11-12,14-15H,6,8,10H2,1-5H3. The second-order valence-corrected chi connectivity index (χ2v) is 5.35. The Morgan fingerprint density at radius 3 is 2.53 bits per heavy atom. The fraction of sp³-hybridized carbons (Fsp3) is 0.786. The predicted molar refractivity (Wildman–Crippen MR) is 73.0 cm³/mol. The number of aryl methyl sites for hydroxylation is 1. The summed E-state index contributed by atoms with van der Waals surface area (Å²) in [6, 6.07) is 2.65. The lowest BCUT2D eigenvalue weighted by Gasteiger charge is -2.27. The minimum absolute atomic E-state index is 0.532. The molecule has 1 aromatic rings. The van der Waals surface area contributed by atoms with E-state index in [0.717, 1.165) is 13.0 Å². The lowest BCUT2D eigenvalue weighted by molar-refractivity contribution is 0.295. The van der Waals surface area contributed by atoms with Crippen molar-refractivity contribution in [2.24, 2.45) is 18.9 Å². The second kappa shape index (κ2) is 6.80. The third kappa shape index (κ3) is 4.50. The molecule has 2 unspecified atom stereocenters. The second-order valence-electron chi connectivity index (χ2n) is 5.35. The molecule has 0 aromatic carbocycles. The molecule has 0 bridgehead atoms. The highest BCUT2D eigenvalue weighted by molar-refractivity contribution is 5.02. The first-order valence-electron chi connectivity index (χ1n) is 6.76. The van der Waals surface area contributed by atoms with Crippen molar-refractivity contribution in [2.75, 3.05) is 6.54 Å². The summed E-state index contributed by atoms with van der Waals surface area (Å²) in [6.45, 7) is 10.2. The van der Waals surface area contributed by atoms with E-state index in [0.29, 0.717) is 17.9 Å². The van der Waals surface area contributed by atoms with E-state index in [4.69, 9.17) is 0 Å². The molecule has 0 amide bonds. The van der Waals surface area contributed by atoms with Crippen LogP contribution >= 0.6 is 0 Å². The molecule has 98 valence electrons. The average Bonchev–Trinajstić information content (AvgIpc) is 2.69. The molecule has 0 saturated heterocycles. The highest BCUT2D eigenvalue weighted by Gasteiger charge is 2.20. The third-order valence-corrected chi connectivity index (χ3v) is 3.54. The van der Waals surface area contributed by atoms with E-state index in [1.165, 1.54) is 12.1 Å². The summed E-state index contributed by atoms with van der Waals surface area (Å²) in [6.07, 6.45) is 4.23. The van der Waals surface area contributed by atoms with Crippen LogP contribution in [0.1, 0.15) is 39.8 Å². The number of nitrogens with zero attached hydrogens (tertiary/aromatic N) is 2. The van der Waals surface area contributed by atoms with Gasteiger partial charge in [-0.15, -0.1) is 0 Å². The Hall–Kier alpha value is -0.830. The molecule has 0 aliphatic carbocycles. The normalized spacial score (nSPS) is 15.2. The first kappa shape index (κ1) is 14.2. The maximum Gasteiger partial charge on any atom is 0.0640 e. The number of hydrogen-bond donors (Lipinski definition) is 1. The topological polar surface area (TPSA) is 29.9 Å². The fourth-order valence-corrected chi connectivity index (χ4v) is 2.04. The molecular weight excluding hydrogens is 210 g/mol. The van der Waals surface area contributed by atoms with Crippen LogP contribution in [0.15, 0.2) is 12.3 Å². The Morgan fingerprint density at radius 2 is 2.06 bits per heavy atom. The summed E-state index contributed by atoms with van der Waals surface area (Å²) in [7, 11) is 1.98. The molecule has 2 atom stereocenters. The van der Waals surface area contributed by atoms with Gasteiger partial charge in [0.1, 0.15) is 0 Å². The molecule has 0 saturated carbocycles. The zero-order valence-electron chi connectivity index (χ0n) is 11.9. The summed E-state index contributed by atoms with van der Waals surface area (Å²) >= 11 is 0. The highest BCUT2D eigenvalue weighted by atomic mass is 15.2. The van der Waals surface area contributed by atoms with Gasteiger partial charge >= 0.3 is 0 Å². The van der Waals surface area contributed by atoms with E-state index in [9.17, 15) is 0 Å². The quantitative estimate of drug-likeness (QED) is 0.790. The van der Waals surface area contributed by atoms with Crippen LogP contribution in [0.3, 0.4) is 0 Å². The average molecular weight is 237 g/mol. The SMILES string of the molecule is CCCNC(Cc1ccn(C)n1)C(C)C(C)C. The number of hydrogen-bond acceptors (Lipinski definition) is 2. The minimum atomic E-state index is 0.532. The summed E-state index contributed by atoms with van der Waals surface area (Å²) < 4.78 is 1.88. The van der Waals surface area contributed by atoms with Gasteiger partial charge in [0.2, 0.25) is 0 Å². The third-order valence-electron chi connectivity index (χ3n) is 3.54. The van der Waals surface area contributed by atoms with Gasteiger partial charge < -0.3 is 5.32 Å². The van der Waals surface area contributed by atoms with Crippen molar-refractivity contribution in [3.05, 3.63) is 18.0 Å². The van der Waals surface area contributed by atoms with E-state index in [1.54, 1.807) is 0 Å². The summed E-state index contributed by atoms with van der Waals surface area (Å²) in [5.41, 5.74) is 1.19. The van der Waals surface area contributed by atoms with Crippen molar-refractivity contribution >= 4 is 0 Å². The number of aromatic nitrogens is 2. The van der Waals surface area contributed by atoms with Crippen LogP contribution in [0.25, 0.3) is 0 Å². The highest BCUT2D eigenvalue weighted by Crippen LogP contribution is 2.17. The smallest absolute Gasteiger partial charge is 0.0640 e. The Labute approximate surface area is 106 Å². The van der Waals surface area contributed by atoms with Gasteiger partial charge in [0.05, 0.1) is 5.69 Å². The van der Waals surface area contributed by atoms with Crippen molar-refractivity contribution in [2.45, 2.75) is 46.6 Å². The van der Waals surface area contributed by atoms with Gasteiger partial charge in [0, 0.05) is 25.7 Å². The Kier molecular flexibility index (Phi) is 5.69. The van der Waals surface area contributed by atoms with Gasteiger partial charge in [-0.3, -0.25) is 4.68 Å². The van der Waals surface area contributed by atoms with Crippen LogP contribution in [0.4, 0.5) is 0 Å². The van der Waals surface area contributed by atoms with Gasteiger partial charge in [-0.05, 0) is 30.9 Å². The van der Waals surface area contributed by atoms with Gasteiger partial charge in [0.15, 0.2) is 0 Å². The van der Waals surface area contributed by atoms with Crippen LogP contribution in [0.2, 0.25) is 0 Å². The molecule has 1 heterocycles. The molecule has 1 aromatic heterocycles. The van der Waals surface area contributed by atoms with E-state index < -0.39 is 0 Å². The van der Waals surface area contributed by atoms with E-state index >= 15 is 0 Å². The minimum Gasteiger partial charge on any atom is -0.313 e. The van der Waals surface area contributed by atoms with Gasteiger partial charge in [0.25, 0.3) is 0 Å². The molecule has 0 radical (unpaired) electrons. The maximum atomic E-state index is 4.48. The number of nitrogens with one attached hydrogen (secondary N) is 1. The number of rotatable bonds is 7. The molecule has 3 heteroatoms. The molecular formula is C14H27N3. The van der Waals surface area contributed by atoms with Crippen LogP contribution in [-0.2, 0) is 13.5 Å². The van der Waals surface area contributed by atoms with Crippen LogP contribution in [-0.4, -0.2) is 22.4 Å². The zero-order chi connectivity index (χ0) is 12.8. The fourth-order valence-electron chi connectivity index (χ4n) is 2.04. The van der Waals surface area contributed by atoms with Crippen LogP contribution < -0.4 is 5.32 Å². The maximum absolute atomic E-state index is 4.48. The Morgan fingerprint density at radius 1 is 1.35 bits per heavy atom. The first-order chi connectivity index (χ1) is 8.04. The van der Waals surface area contributed by atoms with E-state index in [1.807, 2.05) is 17.9 Å². The van der Waals surface area contributed by atoms with Crippen molar-refractivity contribution < 1.29 is 0 Å². The summed E-state index contributed by atoms with van der Waals surface area (Å²) in [5.74, 6) is 1.37. The molecule has 0 aliphatic rings. The largest absolute Gasteiger partial charge is 0.313 e. The lowest BCUT2D eigenvalue weighted by atomic mass is 9.87. The van der Waals surface area contributed by atoms with Crippen molar-refractivity contribution in [3.63, 3.8) is 0 Å². The van der Waals surface area contributed by atoms with Gasteiger partial charge in [-0.25, -0.2) is 0 Å². The zero-order valence-corrected chi connectivity index (χ0v) is 11.9. The Balaban J connectivity index is 2.62. The summed E-state index contributed by atoms with van der Waals surface area (Å²) in [4.78, 5) is 0. The first-order valence-corrected chi connectivity index (χ1v) is 6.76. The van der Waals surface area contributed by atoms with E-state index in [2.05, 4.69) is 44.2 Å². The van der Waals surface area contributed by atoms with E-state index in [-0.39, 0.29) is 0 Å². The van der Waals surface area contributed by atoms with Crippen LogP contribution in [0, 0.1) is 11.8 Å². The predicted octanol–water partition coefficient (Wildman–Crippen LogP) is 2.62. The van der Waals surface area contributed by atoms with Crippen LogP contribution in [0.5, 0.6) is 0 Å².